The molecule has 174 valence electrons. The molecular weight excluding hydrogens is 434 g/mol. The van der Waals surface area contributed by atoms with Crippen LogP contribution in [0.15, 0.2) is 54.6 Å². The third-order valence-electron chi connectivity index (χ3n) is 7.04. The molecule has 2 saturated heterocycles. The fourth-order valence-corrected chi connectivity index (χ4v) is 5.70. The minimum atomic E-state index is -0.952. The molecule has 0 unspecified atom stereocenters. The van der Waals surface area contributed by atoms with Crippen LogP contribution in [-0.2, 0) is 9.59 Å². The summed E-state index contributed by atoms with van der Waals surface area (Å²) >= 11 is 0. The number of imide groups is 1. The van der Waals surface area contributed by atoms with Gasteiger partial charge in [-0.25, -0.2) is 0 Å². The highest BCUT2D eigenvalue weighted by Gasteiger charge is 2.65. The zero-order valence-electron chi connectivity index (χ0n) is 19.4. The molecule has 4 atom stereocenters. The van der Waals surface area contributed by atoms with E-state index < -0.39 is 40.2 Å². The Hall–Kier alpha value is -3.81. The quantitative estimate of drug-likeness (QED) is 0.299. The molecule has 0 bridgehead atoms. The second kappa shape index (κ2) is 7.35. The lowest BCUT2D eigenvalue weighted by Crippen LogP contribution is -2.52. The number of nitrogens with zero attached hydrogens (tertiary/aromatic N) is 3. The smallest absolute Gasteiger partial charge is 0.270 e. The number of fused-ring (bicyclic) bond motifs is 5. The molecule has 34 heavy (non-hydrogen) atoms. The second-order valence-corrected chi connectivity index (χ2v) is 10.1. The van der Waals surface area contributed by atoms with Crippen LogP contribution in [0.25, 0.3) is 5.57 Å². The predicted molar refractivity (Wildman–Crippen MR) is 126 cm³/mol. The third kappa shape index (κ3) is 3.01. The molecule has 0 saturated carbocycles. The van der Waals surface area contributed by atoms with Crippen LogP contribution < -0.4 is 4.90 Å². The molecule has 8 nitrogen and oxygen atoms in total. The van der Waals surface area contributed by atoms with Gasteiger partial charge in [0.05, 0.1) is 22.8 Å². The summed E-state index contributed by atoms with van der Waals surface area (Å²) in [5.74, 6) is -2.64. The number of nitro groups is 1. The van der Waals surface area contributed by atoms with Gasteiger partial charge in [-0.3, -0.25) is 29.4 Å². The molecule has 2 amide bonds. The van der Waals surface area contributed by atoms with Crippen molar-refractivity contribution in [3.63, 3.8) is 0 Å². The lowest BCUT2D eigenvalue weighted by Gasteiger charge is -2.39. The molecule has 2 aromatic carbocycles. The SMILES string of the molecule is CC1=C[C@@H]2[C@H]3C(=O)N(C(C)(C)C)C(=O)[C@@H]3[C@H](C(=O)c3cccc([N+](=O)[O-])c3)N2c2ccccc21. The van der Waals surface area contributed by atoms with Crippen LogP contribution in [0.4, 0.5) is 11.4 Å². The Bertz CT molecular complexity index is 1290. The molecule has 0 aromatic heterocycles. The third-order valence-corrected chi connectivity index (χ3v) is 7.04. The number of carbonyl (C=O) groups is 3. The van der Waals surface area contributed by atoms with E-state index in [-0.39, 0.29) is 23.1 Å². The highest BCUT2D eigenvalue weighted by Crippen LogP contribution is 2.51. The summed E-state index contributed by atoms with van der Waals surface area (Å²) in [5.41, 5.74) is 1.92. The van der Waals surface area contributed by atoms with Crippen molar-refractivity contribution in [3.05, 3.63) is 75.8 Å². The maximum absolute atomic E-state index is 14.0. The van der Waals surface area contributed by atoms with Gasteiger partial charge in [0.15, 0.2) is 5.78 Å². The van der Waals surface area contributed by atoms with Crippen molar-refractivity contribution < 1.29 is 19.3 Å². The average molecular weight is 460 g/mol. The van der Waals surface area contributed by atoms with E-state index in [1.54, 1.807) is 20.8 Å². The van der Waals surface area contributed by atoms with E-state index in [1.165, 1.54) is 29.2 Å². The molecule has 0 N–H and O–H groups in total. The van der Waals surface area contributed by atoms with Gasteiger partial charge >= 0.3 is 0 Å². The van der Waals surface area contributed by atoms with Crippen LogP contribution in [0.2, 0.25) is 0 Å². The molecule has 3 heterocycles. The number of allylic oxidation sites excluding steroid dienone is 1. The number of non-ortho nitro benzene ring substituents is 1. The normalized spacial score (nSPS) is 25.6. The summed E-state index contributed by atoms with van der Waals surface area (Å²) in [6, 6.07) is 11.8. The van der Waals surface area contributed by atoms with Crippen LogP contribution in [0, 0.1) is 22.0 Å². The zero-order chi connectivity index (χ0) is 24.5. The monoisotopic (exact) mass is 459 g/mol. The van der Waals surface area contributed by atoms with E-state index in [0.717, 1.165) is 16.8 Å². The van der Waals surface area contributed by atoms with E-state index in [0.29, 0.717) is 0 Å². The van der Waals surface area contributed by atoms with Crippen LogP contribution in [0.3, 0.4) is 0 Å². The topological polar surface area (TPSA) is 101 Å². The van der Waals surface area contributed by atoms with Gasteiger partial charge in [-0.15, -0.1) is 0 Å². The molecule has 3 aliphatic heterocycles. The number of ketones is 1. The van der Waals surface area contributed by atoms with E-state index in [1.807, 2.05) is 42.2 Å². The summed E-state index contributed by atoms with van der Waals surface area (Å²) in [6.45, 7) is 7.37. The highest BCUT2D eigenvalue weighted by molar-refractivity contribution is 6.14. The van der Waals surface area contributed by atoms with Crippen molar-refractivity contribution in [1.82, 2.24) is 4.90 Å². The van der Waals surface area contributed by atoms with Crippen molar-refractivity contribution in [2.75, 3.05) is 4.90 Å². The Balaban J connectivity index is 1.70. The van der Waals surface area contributed by atoms with Gasteiger partial charge in [-0.05, 0) is 39.3 Å². The number of likely N-dealkylation sites (tertiary alicyclic amines) is 1. The van der Waals surface area contributed by atoms with Crippen molar-refractivity contribution in [2.24, 2.45) is 11.8 Å². The van der Waals surface area contributed by atoms with Gasteiger partial charge in [0.2, 0.25) is 11.8 Å². The largest absolute Gasteiger partial charge is 0.352 e. The first-order valence-corrected chi connectivity index (χ1v) is 11.2. The standard InChI is InChI=1S/C26H25N3O5/c1-14-12-19-20-21(25(32)28(24(20)31)26(2,3)4)22(27(19)18-11-6-5-10-17(14)18)23(30)15-8-7-9-16(13-15)29(33)34/h5-13,19-22H,1-4H3/t19-,20-,21+,22-/m1/s1. The summed E-state index contributed by atoms with van der Waals surface area (Å²) in [4.78, 5) is 55.2. The number of rotatable bonds is 3. The lowest BCUT2D eigenvalue weighted by atomic mass is 9.85. The van der Waals surface area contributed by atoms with Crippen molar-refractivity contribution >= 4 is 34.5 Å². The van der Waals surface area contributed by atoms with E-state index in [2.05, 4.69) is 0 Å². The number of amides is 2. The fraction of sp³-hybridized carbons (Fsp3) is 0.346. The lowest BCUT2D eigenvalue weighted by molar-refractivity contribution is -0.384. The fourth-order valence-electron chi connectivity index (χ4n) is 5.70. The molecule has 8 heteroatoms. The Morgan fingerprint density at radius 3 is 2.35 bits per heavy atom. The van der Waals surface area contributed by atoms with Gasteiger partial charge in [0.25, 0.3) is 5.69 Å². The number of hydrogen-bond acceptors (Lipinski definition) is 6. The molecule has 3 aliphatic rings. The molecule has 0 aliphatic carbocycles. The number of Topliss-reactive ketones (excluding diaryl/α,β-unsaturated/α-hetero) is 1. The maximum atomic E-state index is 14.0. The average Bonchev–Trinajstić information content (AvgIpc) is 3.26. The van der Waals surface area contributed by atoms with Gasteiger partial charge in [0.1, 0.15) is 6.04 Å². The maximum Gasteiger partial charge on any atom is 0.270 e. The number of anilines is 1. The Morgan fingerprint density at radius 1 is 1.00 bits per heavy atom. The summed E-state index contributed by atoms with van der Waals surface area (Å²) in [7, 11) is 0. The van der Waals surface area contributed by atoms with Crippen LogP contribution >= 0.6 is 0 Å². The number of para-hydroxylation sites is 1. The van der Waals surface area contributed by atoms with Crippen LogP contribution in [-0.4, -0.2) is 45.0 Å². The number of benzene rings is 2. The molecular formula is C26H25N3O5. The molecule has 0 spiro atoms. The predicted octanol–water partition coefficient (Wildman–Crippen LogP) is 3.85. The van der Waals surface area contributed by atoms with Crippen LogP contribution in [0.5, 0.6) is 0 Å². The van der Waals surface area contributed by atoms with E-state index in [4.69, 9.17) is 0 Å². The van der Waals surface area contributed by atoms with Crippen molar-refractivity contribution in [2.45, 2.75) is 45.3 Å². The first-order valence-electron chi connectivity index (χ1n) is 11.2. The Morgan fingerprint density at radius 2 is 1.68 bits per heavy atom. The number of nitro benzene ring substituents is 1. The molecule has 2 fully saturated rings. The van der Waals surface area contributed by atoms with Gasteiger partial charge in [-0.1, -0.05) is 36.4 Å². The summed E-state index contributed by atoms with van der Waals surface area (Å²) in [5, 5.41) is 11.3. The van der Waals surface area contributed by atoms with Gasteiger partial charge in [-0.2, -0.15) is 0 Å². The number of hydrogen-bond donors (Lipinski definition) is 0. The summed E-state index contributed by atoms with van der Waals surface area (Å²) < 4.78 is 0. The minimum Gasteiger partial charge on any atom is -0.352 e. The van der Waals surface area contributed by atoms with Crippen LogP contribution in [0.1, 0.15) is 43.6 Å². The summed E-state index contributed by atoms with van der Waals surface area (Å²) in [6.07, 6.45) is 1.97. The molecule has 0 radical (unpaired) electrons. The molecule has 2 aromatic rings. The first-order chi connectivity index (χ1) is 16.0. The van der Waals surface area contributed by atoms with Gasteiger partial charge in [0, 0.05) is 34.5 Å². The molecule has 5 rings (SSSR count). The van der Waals surface area contributed by atoms with Crippen molar-refractivity contribution in [1.29, 1.82) is 0 Å². The highest BCUT2D eigenvalue weighted by atomic mass is 16.6. The first kappa shape index (κ1) is 22.0. The number of carbonyl (C=O) groups excluding carboxylic acids is 3. The Labute approximate surface area is 197 Å². The second-order valence-electron chi connectivity index (χ2n) is 10.1. The van der Waals surface area contributed by atoms with E-state index >= 15 is 0 Å². The zero-order valence-corrected chi connectivity index (χ0v) is 19.4. The van der Waals surface area contributed by atoms with Gasteiger partial charge < -0.3 is 4.90 Å². The van der Waals surface area contributed by atoms with Crippen molar-refractivity contribution in [3.8, 4) is 0 Å². The van der Waals surface area contributed by atoms with E-state index in [9.17, 15) is 24.5 Å². The minimum absolute atomic E-state index is 0.150. The Kier molecular flexibility index (Phi) is 4.76.